The van der Waals surface area contributed by atoms with Gasteiger partial charge < -0.3 is 24.9 Å². The van der Waals surface area contributed by atoms with Gasteiger partial charge in [0.25, 0.3) is 11.8 Å². The lowest BCUT2D eigenvalue weighted by molar-refractivity contribution is -0.139. The van der Waals surface area contributed by atoms with Gasteiger partial charge >= 0.3 is 5.97 Å². The maximum Gasteiger partial charge on any atom is 0.305 e. The van der Waals surface area contributed by atoms with Gasteiger partial charge in [0, 0.05) is 11.8 Å². The maximum absolute atomic E-state index is 12.2. The van der Waals surface area contributed by atoms with Gasteiger partial charge in [-0.2, -0.15) is 0 Å². The number of benzene rings is 1. The second-order valence-electron chi connectivity index (χ2n) is 6.94. The van der Waals surface area contributed by atoms with E-state index < -0.39 is 23.3 Å². The fraction of sp³-hybridized carbons (Fsp3) is 0.350. The molecule has 2 aromatic rings. The summed E-state index contributed by atoms with van der Waals surface area (Å²) in [7, 11) is 0. The predicted molar refractivity (Wildman–Crippen MR) is 102 cm³/mol. The molecule has 0 spiro atoms. The summed E-state index contributed by atoms with van der Waals surface area (Å²) >= 11 is 0. The molecule has 0 aliphatic heterocycles. The summed E-state index contributed by atoms with van der Waals surface area (Å²) in [5.41, 5.74) is -0.400. The molecule has 1 unspecified atom stereocenters. The molecule has 28 heavy (non-hydrogen) atoms. The minimum Gasteiger partial charge on any atom is -0.484 e. The Hall–Kier alpha value is -3.29. The highest BCUT2D eigenvalue weighted by Crippen LogP contribution is 2.21. The molecular weight excluding hydrogens is 364 g/mol. The Morgan fingerprint density at radius 2 is 1.96 bits per heavy atom. The number of carboxylic acids is 1. The predicted octanol–water partition coefficient (Wildman–Crippen LogP) is 2.92. The van der Waals surface area contributed by atoms with Crippen LogP contribution in [0.25, 0.3) is 0 Å². The second-order valence-corrected chi connectivity index (χ2v) is 6.94. The van der Waals surface area contributed by atoms with Crippen molar-refractivity contribution in [3.05, 3.63) is 48.4 Å². The molecule has 1 atom stereocenters. The minimum atomic E-state index is -0.989. The lowest BCUT2D eigenvalue weighted by Gasteiger charge is -2.33. The van der Waals surface area contributed by atoms with Crippen LogP contribution in [0.4, 0.5) is 5.69 Å². The molecule has 2 rings (SSSR count). The molecule has 0 bridgehead atoms. The van der Waals surface area contributed by atoms with Crippen molar-refractivity contribution in [2.45, 2.75) is 32.7 Å². The van der Waals surface area contributed by atoms with E-state index in [9.17, 15) is 14.4 Å². The van der Waals surface area contributed by atoms with E-state index in [1.54, 1.807) is 43.3 Å². The van der Waals surface area contributed by atoms with Gasteiger partial charge in [-0.05, 0) is 37.1 Å². The van der Waals surface area contributed by atoms with E-state index in [1.807, 2.05) is 13.8 Å². The third-order valence-electron chi connectivity index (χ3n) is 4.42. The number of hydrogen-bond donors (Lipinski definition) is 3. The smallest absolute Gasteiger partial charge is 0.305 e. The minimum absolute atomic E-state index is 0.0762. The quantitative estimate of drug-likeness (QED) is 0.608. The summed E-state index contributed by atoms with van der Waals surface area (Å²) in [6, 6.07) is 9.73. The number of aliphatic carboxylic acids is 1. The van der Waals surface area contributed by atoms with Gasteiger partial charge in [-0.3, -0.25) is 14.4 Å². The highest BCUT2D eigenvalue weighted by Gasteiger charge is 2.32. The van der Waals surface area contributed by atoms with Gasteiger partial charge in [0.05, 0.1) is 18.2 Å². The van der Waals surface area contributed by atoms with Crippen LogP contribution in [0, 0.1) is 5.92 Å². The van der Waals surface area contributed by atoms with Crippen molar-refractivity contribution in [3.8, 4) is 5.75 Å². The van der Waals surface area contributed by atoms with Crippen LogP contribution in [0.5, 0.6) is 5.75 Å². The molecule has 0 fully saturated rings. The molecule has 2 amide bonds. The first-order valence-electron chi connectivity index (χ1n) is 8.80. The average molecular weight is 388 g/mol. The molecule has 1 heterocycles. The standard InChI is InChI=1S/C20H24N2O6/c1-13(2)20(3,11-18(24)25)22-17(23)12-28-15-7-4-6-14(10-15)21-19(26)16-8-5-9-27-16/h4-10,13H,11-12H2,1-3H3,(H,21,26)(H,22,23)(H,24,25). The van der Waals surface area contributed by atoms with Crippen molar-refractivity contribution < 1.29 is 28.6 Å². The molecule has 3 N–H and O–H groups in total. The SMILES string of the molecule is CC(C)C(C)(CC(=O)O)NC(=O)COc1cccc(NC(=O)c2ccco2)c1. The van der Waals surface area contributed by atoms with Gasteiger partial charge in [0.1, 0.15) is 5.75 Å². The Bertz CT molecular complexity index is 831. The summed E-state index contributed by atoms with van der Waals surface area (Å²) in [6.07, 6.45) is 1.22. The molecule has 0 saturated carbocycles. The van der Waals surface area contributed by atoms with E-state index in [0.717, 1.165) is 0 Å². The highest BCUT2D eigenvalue weighted by molar-refractivity contribution is 6.02. The lowest BCUT2D eigenvalue weighted by Crippen LogP contribution is -2.52. The van der Waals surface area contributed by atoms with E-state index in [1.165, 1.54) is 6.26 Å². The number of carbonyl (C=O) groups is 3. The van der Waals surface area contributed by atoms with E-state index in [-0.39, 0.29) is 24.7 Å². The molecule has 150 valence electrons. The summed E-state index contributed by atoms with van der Waals surface area (Å²) in [6.45, 7) is 5.09. The van der Waals surface area contributed by atoms with Gasteiger partial charge in [-0.25, -0.2) is 0 Å². The Morgan fingerprint density at radius 3 is 2.57 bits per heavy atom. The van der Waals surface area contributed by atoms with Crippen LogP contribution in [0.2, 0.25) is 0 Å². The van der Waals surface area contributed by atoms with Crippen molar-refractivity contribution in [1.29, 1.82) is 0 Å². The topological polar surface area (TPSA) is 118 Å². The molecule has 8 nitrogen and oxygen atoms in total. The third-order valence-corrected chi connectivity index (χ3v) is 4.42. The van der Waals surface area contributed by atoms with E-state index >= 15 is 0 Å². The first-order chi connectivity index (χ1) is 13.2. The van der Waals surface area contributed by atoms with Gasteiger partial charge in [-0.1, -0.05) is 19.9 Å². The van der Waals surface area contributed by atoms with Crippen molar-refractivity contribution >= 4 is 23.5 Å². The number of ether oxygens (including phenoxy) is 1. The molecular formula is C20H24N2O6. The molecule has 0 radical (unpaired) electrons. The summed E-state index contributed by atoms with van der Waals surface area (Å²) in [5, 5.41) is 14.5. The van der Waals surface area contributed by atoms with Crippen LogP contribution >= 0.6 is 0 Å². The van der Waals surface area contributed by atoms with Crippen LogP contribution in [0.3, 0.4) is 0 Å². The Balaban J connectivity index is 1.94. The fourth-order valence-electron chi connectivity index (χ4n) is 2.47. The summed E-state index contributed by atoms with van der Waals surface area (Å²) in [4.78, 5) is 35.3. The molecule has 0 saturated heterocycles. The number of carbonyl (C=O) groups excluding carboxylic acids is 2. The van der Waals surface area contributed by atoms with Gasteiger partial charge in [0.2, 0.25) is 0 Å². The number of furan rings is 1. The van der Waals surface area contributed by atoms with Crippen molar-refractivity contribution in [2.75, 3.05) is 11.9 Å². The van der Waals surface area contributed by atoms with Crippen molar-refractivity contribution in [3.63, 3.8) is 0 Å². The zero-order chi connectivity index (χ0) is 20.7. The number of carboxylic acid groups (broad SMARTS) is 1. The first kappa shape index (κ1) is 21.0. The fourth-order valence-corrected chi connectivity index (χ4v) is 2.47. The molecule has 0 aliphatic carbocycles. The Kier molecular flexibility index (Phi) is 6.81. The zero-order valence-electron chi connectivity index (χ0n) is 16.0. The summed E-state index contributed by atoms with van der Waals surface area (Å²) < 4.78 is 10.5. The maximum atomic E-state index is 12.2. The van der Waals surface area contributed by atoms with E-state index in [0.29, 0.717) is 11.4 Å². The van der Waals surface area contributed by atoms with Crippen molar-refractivity contribution in [2.24, 2.45) is 5.92 Å². The van der Waals surface area contributed by atoms with Crippen molar-refractivity contribution in [1.82, 2.24) is 5.32 Å². The largest absolute Gasteiger partial charge is 0.484 e. The number of rotatable bonds is 9. The first-order valence-corrected chi connectivity index (χ1v) is 8.80. The Morgan fingerprint density at radius 1 is 1.21 bits per heavy atom. The van der Waals surface area contributed by atoms with Crippen LogP contribution in [-0.4, -0.2) is 35.0 Å². The molecule has 1 aromatic heterocycles. The van der Waals surface area contributed by atoms with Gasteiger partial charge in [0.15, 0.2) is 12.4 Å². The number of amides is 2. The van der Waals surface area contributed by atoms with Crippen LogP contribution < -0.4 is 15.4 Å². The second kappa shape index (κ2) is 9.07. The molecule has 8 heteroatoms. The number of hydrogen-bond acceptors (Lipinski definition) is 5. The summed E-state index contributed by atoms with van der Waals surface area (Å²) in [5.74, 6) is -1.33. The van der Waals surface area contributed by atoms with Crippen LogP contribution in [0.1, 0.15) is 37.7 Å². The van der Waals surface area contributed by atoms with Crippen LogP contribution in [-0.2, 0) is 9.59 Å². The third kappa shape index (κ3) is 5.87. The molecule has 0 aliphatic rings. The Labute approximate surface area is 162 Å². The highest BCUT2D eigenvalue weighted by atomic mass is 16.5. The lowest BCUT2D eigenvalue weighted by atomic mass is 9.85. The van der Waals surface area contributed by atoms with Crippen LogP contribution in [0.15, 0.2) is 47.1 Å². The monoisotopic (exact) mass is 388 g/mol. The average Bonchev–Trinajstić information content (AvgIpc) is 3.14. The van der Waals surface area contributed by atoms with E-state index in [2.05, 4.69) is 10.6 Å². The number of nitrogens with one attached hydrogen (secondary N) is 2. The number of anilines is 1. The van der Waals surface area contributed by atoms with E-state index in [4.69, 9.17) is 14.3 Å². The molecule has 1 aromatic carbocycles. The normalized spacial score (nSPS) is 12.9. The van der Waals surface area contributed by atoms with Gasteiger partial charge in [-0.15, -0.1) is 0 Å². The zero-order valence-corrected chi connectivity index (χ0v) is 16.0.